The lowest BCUT2D eigenvalue weighted by atomic mass is 9.94. The third-order valence-electron chi connectivity index (χ3n) is 4.25. The Labute approximate surface area is 124 Å². The van der Waals surface area contributed by atoms with Gasteiger partial charge in [0.15, 0.2) is 0 Å². The monoisotopic (exact) mass is 278 g/mol. The van der Waals surface area contributed by atoms with Crippen molar-refractivity contribution in [2.75, 3.05) is 0 Å². The summed E-state index contributed by atoms with van der Waals surface area (Å²) in [6, 6.07) is 15.7. The molecule has 0 radical (unpaired) electrons. The average Bonchev–Trinajstić information content (AvgIpc) is 2.56. The summed E-state index contributed by atoms with van der Waals surface area (Å²) < 4.78 is 1.85. The van der Waals surface area contributed by atoms with Crippen molar-refractivity contribution < 1.29 is 0 Å². The van der Waals surface area contributed by atoms with Crippen LogP contribution in [0.4, 0.5) is 0 Å². The highest BCUT2D eigenvalue weighted by atomic mass is 16.1. The van der Waals surface area contributed by atoms with E-state index >= 15 is 0 Å². The molecule has 106 valence electrons. The Kier molecular flexibility index (Phi) is 3.87. The number of benzene rings is 1. The first-order valence-corrected chi connectivity index (χ1v) is 7.52. The molecule has 0 unspecified atom stereocenters. The van der Waals surface area contributed by atoms with Gasteiger partial charge in [-0.1, -0.05) is 49.6 Å². The van der Waals surface area contributed by atoms with Gasteiger partial charge in [-0.15, -0.1) is 0 Å². The summed E-state index contributed by atoms with van der Waals surface area (Å²) in [7, 11) is 0. The van der Waals surface area contributed by atoms with Crippen LogP contribution in [-0.2, 0) is 0 Å². The van der Waals surface area contributed by atoms with E-state index in [1.165, 1.54) is 6.42 Å². The van der Waals surface area contributed by atoms with Crippen LogP contribution in [0, 0.1) is 11.3 Å². The molecule has 3 nitrogen and oxygen atoms in total. The first-order chi connectivity index (χ1) is 10.3. The Bertz CT molecular complexity index is 719. The maximum absolute atomic E-state index is 12.6. The lowest BCUT2D eigenvalue weighted by Crippen LogP contribution is -2.29. The van der Waals surface area contributed by atoms with E-state index in [1.807, 2.05) is 47.0 Å². The van der Waals surface area contributed by atoms with Crippen molar-refractivity contribution in [2.45, 2.75) is 38.1 Å². The molecule has 1 aliphatic rings. The molecular weight excluding hydrogens is 260 g/mol. The molecular formula is C18H18N2O. The molecule has 0 spiro atoms. The van der Waals surface area contributed by atoms with Gasteiger partial charge in [0, 0.05) is 6.04 Å². The molecule has 1 aromatic heterocycles. The SMILES string of the molecule is N#Cc1ccc(-c2ccccc2)n(C2CCCCC2)c1=O. The fourth-order valence-corrected chi connectivity index (χ4v) is 3.18. The smallest absolute Gasteiger partial charge is 0.269 e. The molecule has 0 bridgehead atoms. The fourth-order valence-electron chi connectivity index (χ4n) is 3.18. The molecule has 1 aliphatic carbocycles. The topological polar surface area (TPSA) is 45.8 Å². The van der Waals surface area contributed by atoms with Crippen LogP contribution in [0.5, 0.6) is 0 Å². The van der Waals surface area contributed by atoms with Gasteiger partial charge in [-0.05, 0) is 30.5 Å². The van der Waals surface area contributed by atoms with E-state index in [9.17, 15) is 4.79 Å². The van der Waals surface area contributed by atoms with Crippen LogP contribution < -0.4 is 5.56 Å². The van der Waals surface area contributed by atoms with Gasteiger partial charge >= 0.3 is 0 Å². The Balaban J connectivity index is 2.18. The van der Waals surface area contributed by atoms with Crippen molar-refractivity contribution in [3.8, 4) is 17.3 Å². The van der Waals surface area contributed by atoms with Crippen molar-refractivity contribution in [1.29, 1.82) is 5.26 Å². The molecule has 1 saturated carbocycles. The number of hydrogen-bond acceptors (Lipinski definition) is 2. The minimum Gasteiger partial charge on any atom is -0.304 e. The second-order valence-electron chi connectivity index (χ2n) is 5.58. The van der Waals surface area contributed by atoms with E-state index in [0.717, 1.165) is 36.9 Å². The molecule has 0 aliphatic heterocycles. The molecule has 0 amide bonds. The molecule has 0 N–H and O–H groups in total. The van der Waals surface area contributed by atoms with Gasteiger partial charge in [-0.2, -0.15) is 5.26 Å². The van der Waals surface area contributed by atoms with Crippen molar-refractivity contribution in [3.63, 3.8) is 0 Å². The largest absolute Gasteiger partial charge is 0.304 e. The summed E-state index contributed by atoms with van der Waals surface area (Å²) in [4.78, 5) is 12.6. The minimum absolute atomic E-state index is 0.147. The molecule has 0 atom stereocenters. The van der Waals surface area contributed by atoms with Crippen molar-refractivity contribution in [2.24, 2.45) is 0 Å². The van der Waals surface area contributed by atoms with Gasteiger partial charge in [0.05, 0.1) is 5.69 Å². The maximum Gasteiger partial charge on any atom is 0.269 e. The van der Waals surface area contributed by atoms with Crippen molar-refractivity contribution >= 4 is 0 Å². The van der Waals surface area contributed by atoms with E-state index < -0.39 is 0 Å². The van der Waals surface area contributed by atoms with E-state index in [2.05, 4.69) is 0 Å². The summed E-state index contributed by atoms with van der Waals surface area (Å²) in [5.74, 6) is 0. The average molecular weight is 278 g/mol. The van der Waals surface area contributed by atoms with Crippen LogP contribution in [0.3, 0.4) is 0 Å². The normalized spacial score (nSPS) is 15.6. The molecule has 3 rings (SSSR count). The minimum atomic E-state index is -0.147. The van der Waals surface area contributed by atoms with Crippen LogP contribution in [-0.4, -0.2) is 4.57 Å². The van der Waals surface area contributed by atoms with Crippen LogP contribution in [0.15, 0.2) is 47.3 Å². The summed E-state index contributed by atoms with van der Waals surface area (Å²) in [6.45, 7) is 0. The molecule has 1 aromatic carbocycles. The Morgan fingerprint density at radius 2 is 1.71 bits per heavy atom. The third kappa shape index (κ3) is 2.62. The number of aromatic nitrogens is 1. The molecule has 3 heteroatoms. The van der Waals surface area contributed by atoms with Crippen molar-refractivity contribution in [3.05, 3.63) is 58.4 Å². The summed E-state index contributed by atoms with van der Waals surface area (Å²) >= 11 is 0. The Morgan fingerprint density at radius 3 is 2.38 bits per heavy atom. The predicted octanol–water partition coefficient (Wildman–Crippen LogP) is 3.89. The summed E-state index contributed by atoms with van der Waals surface area (Å²) in [6.07, 6.45) is 5.59. The van der Waals surface area contributed by atoms with Gasteiger partial charge in [0.1, 0.15) is 11.6 Å². The Hall–Kier alpha value is -2.34. The molecule has 0 saturated heterocycles. The van der Waals surface area contributed by atoms with Gasteiger partial charge in [-0.25, -0.2) is 0 Å². The standard InChI is InChI=1S/C18H18N2O/c19-13-15-11-12-17(14-7-3-1-4-8-14)20(18(15)21)16-9-5-2-6-10-16/h1,3-4,7-8,11-12,16H,2,5-6,9-10H2. The number of rotatable bonds is 2. The quantitative estimate of drug-likeness (QED) is 0.836. The zero-order valence-electron chi connectivity index (χ0n) is 12.0. The first kappa shape index (κ1) is 13.6. The Morgan fingerprint density at radius 1 is 1.00 bits per heavy atom. The number of nitrogens with zero attached hydrogens (tertiary/aromatic N) is 2. The highest BCUT2D eigenvalue weighted by molar-refractivity contribution is 5.60. The van der Waals surface area contributed by atoms with Crippen LogP contribution in [0.2, 0.25) is 0 Å². The van der Waals surface area contributed by atoms with E-state index in [1.54, 1.807) is 6.07 Å². The fraction of sp³-hybridized carbons (Fsp3) is 0.333. The first-order valence-electron chi connectivity index (χ1n) is 7.52. The van der Waals surface area contributed by atoms with Gasteiger partial charge < -0.3 is 4.57 Å². The van der Waals surface area contributed by atoms with Gasteiger partial charge in [-0.3, -0.25) is 4.79 Å². The highest BCUT2D eigenvalue weighted by Crippen LogP contribution is 2.31. The second kappa shape index (κ2) is 5.97. The molecule has 2 aromatic rings. The second-order valence-corrected chi connectivity index (χ2v) is 5.58. The van der Waals surface area contributed by atoms with Gasteiger partial charge in [0.2, 0.25) is 0 Å². The van der Waals surface area contributed by atoms with E-state index in [-0.39, 0.29) is 17.2 Å². The predicted molar refractivity (Wildman–Crippen MR) is 83.0 cm³/mol. The number of hydrogen-bond donors (Lipinski definition) is 0. The van der Waals surface area contributed by atoms with Crippen LogP contribution in [0.25, 0.3) is 11.3 Å². The van der Waals surface area contributed by atoms with E-state index in [0.29, 0.717) is 0 Å². The van der Waals surface area contributed by atoms with Crippen LogP contribution in [0.1, 0.15) is 43.7 Å². The lowest BCUT2D eigenvalue weighted by Gasteiger charge is -2.27. The zero-order chi connectivity index (χ0) is 14.7. The number of nitriles is 1. The summed E-state index contributed by atoms with van der Waals surface area (Å²) in [5.41, 5.74) is 2.04. The molecule has 1 heterocycles. The highest BCUT2D eigenvalue weighted by Gasteiger charge is 2.21. The lowest BCUT2D eigenvalue weighted by molar-refractivity contribution is 0.349. The maximum atomic E-state index is 12.6. The van der Waals surface area contributed by atoms with E-state index in [4.69, 9.17) is 5.26 Å². The zero-order valence-corrected chi connectivity index (χ0v) is 12.0. The van der Waals surface area contributed by atoms with Crippen LogP contribution >= 0.6 is 0 Å². The third-order valence-corrected chi connectivity index (χ3v) is 4.25. The number of pyridine rings is 1. The molecule has 21 heavy (non-hydrogen) atoms. The van der Waals surface area contributed by atoms with Gasteiger partial charge in [0.25, 0.3) is 5.56 Å². The molecule has 1 fully saturated rings. The summed E-state index contributed by atoms with van der Waals surface area (Å²) in [5, 5.41) is 9.14. The van der Waals surface area contributed by atoms with Crippen molar-refractivity contribution in [1.82, 2.24) is 4.57 Å².